The van der Waals surface area contributed by atoms with Crippen LogP contribution in [0.25, 0.3) is 0 Å². The molecule has 0 amide bonds. The first kappa shape index (κ1) is 12.7. The Labute approximate surface area is 117 Å². The molecule has 2 aromatic carbocycles. The maximum Gasteiger partial charge on any atom is 0.309 e. The average molecular weight is 268 g/mol. The molecule has 3 heteroatoms. The number of carbonyl (C=O) groups excluding carboxylic acids is 1. The molecule has 20 heavy (non-hydrogen) atoms. The van der Waals surface area contributed by atoms with Gasteiger partial charge in [-0.2, -0.15) is 0 Å². The number of aromatic hydroxyl groups is 1. The molecule has 0 radical (unpaired) electrons. The molecule has 3 rings (SSSR count). The molecule has 1 N–H and O–H groups in total. The molecule has 0 heterocycles. The van der Waals surface area contributed by atoms with Crippen molar-refractivity contribution in [1.29, 1.82) is 0 Å². The van der Waals surface area contributed by atoms with Gasteiger partial charge in [0, 0.05) is 0 Å². The van der Waals surface area contributed by atoms with Gasteiger partial charge in [0.2, 0.25) is 0 Å². The van der Waals surface area contributed by atoms with Gasteiger partial charge in [-0.05, 0) is 35.6 Å². The lowest BCUT2D eigenvalue weighted by molar-refractivity contribution is -0.146. The normalized spacial score (nSPS) is 20.4. The fourth-order valence-corrected chi connectivity index (χ4v) is 2.38. The number of rotatable bonds is 4. The zero-order valence-electron chi connectivity index (χ0n) is 11.0. The third kappa shape index (κ3) is 2.82. The van der Waals surface area contributed by atoms with Crippen LogP contribution in [0.2, 0.25) is 0 Å². The molecule has 1 aliphatic rings. The van der Waals surface area contributed by atoms with Crippen LogP contribution in [0.15, 0.2) is 54.6 Å². The van der Waals surface area contributed by atoms with Crippen LogP contribution in [0, 0.1) is 5.92 Å². The fraction of sp³-hybridized carbons (Fsp3) is 0.235. The molecule has 0 spiro atoms. The largest absolute Gasteiger partial charge is 0.508 e. The third-order valence-corrected chi connectivity index (χ3v) is 3.64. The number of hydrogen-bond donors (Lipinski definition) is 1. The van der Waals surface area contributed by atoms with Crippen LogP contribution < -0.4 is 0 Å². The van der Waals surface area contributed by atoms with E-state index in [1.54, 1.807) is 12.1 Å². The molecule has 1 aliphatic carbocycles. The van der Waals surface area contributed by atoms with E-state index in [1.165, 1.54) is 0 Å². The molecule has 0 bridgehead atoms. The van der Waals surface area contributed by atoms with Gasteiger partial charge < -0.3 is 9.84 Å². The molecule has 0 unspecified atom stereocenters. The van der Waals surface area contributed by atoms with Gasteiger partial charge in [0.05, 0.1) is 5.92 Å². The lowest BCUT2D eigenvalue weighted by Gasteiger charge is -2.05. The van der Waals surface area contributed by atoms with E-state index in [9.17, 15) is 9.90 Å². The first-order valence-corrected chi connectivity index (χ1v) is 6.73. The van der Waals surface area contributed by atoms with E-state index in [4.69, 9.17) is 4.74 Å². The number of phenols is 1. The number of phenolic OH excluding ortho intramolecular Hbond substituents is 1. The van der Waals surface area contributed by atoms with Gasteiger partial charge in [-0.25, -0.2) is 0 Å². The number of hydrogen-bond acceptors (Lipinski definition) is 3. The SMILES string of the molecule is O=C(OCc1ccccc1)[C@H]1C[C@@H]1c1ccc(O)cc1. The molecule has 0 aliphatic heterocycles. The summed E-state index contributed by atoms with van der Waals surface area (Å²) in [5, 5.41) is 9.25. The highest BCUT2D eigenvalue weighted by atomic mass is 16.5. The summed E-state index contributed by atoms with van der Waals surface area (Å²) < 4.78 is 5.34. The van der Waals surface area contributed by atoms with Crippen LogP contribution in [0.4, 0.5) is 0 Å². The van der Waals surface area contributed by atoms with Crippen molar-refractivity contribution < 1.29 is 14.6 Å². The number of ether oxygens (including phenoxy) is 1. The van der Waals surface area contributed by atoms with Gasteiger partial charge in [-0.3, -0.25) is 4.79 Å². The smallest absolute Gasteiger partial charge is 0.309 e. The fourth-order valence-electron chi connectivity index (χ4n) is 2.38. The Balaban J connectivity index is 1.54. The lowest BCUT2D eigenvalue weighted by atomic mass is 10.1. The highest BCUT2D eigenvalue weighted by molar-refractivity contribution is 5.77. The number of esters is 1. The van der Waals surface area contributed by atoms with Crippen LogP contribution >= 0.6 is 0 Å². The minimum absolute atomic E-state index is 0.0387. The molecule has 1 saturated carbocycles. The van der Waals surface area contributed by atoms with Crippen molar-refractivity contribution in [3.05, 3.63) is 65.7 Å². The van der Waals surface area contributed by atoms with Crippen molar-refractivity contribution >= 4 is 5.97 Å². The van der Waals surface area contributed by atoms with E-state index in [2.05, 4.69) is 0 Å². The molecule has 3 nitrogen and oxygen atoms in total. The van der Waals surface area contributed by atoms with E-state index in [-0.39, 0.29) is 23.6 Å². The highest BCUT2D eigenvalue weighted by Gasteiger charge is 2.45. The quantitative estimate of drug-likeness (QED) is 0.866. The van der Waals surface area contributed by atoms with E-state index in [0.29, 0.717) is 6.61 Å². The second-order valence-corrected chi connectivity index (χ2v) is 5.13. The minimum Gasteiger partial charge on any atom is -0.508 e. The second kappa shape index (κ2) is 5.37. The van der Waals surface area contributed by atoms with Gasteiger partial charge >= 0.3 is 5.97 Å². The topological polar surface area (TPSA) is 46.5 Å². The zero-order valence-corrected chi connectivity index (χ0v) is 11.0. The molecule has 1 fully saturated rings. The van der Waals surface area contributed by atoms with Crippen molar-refractivity contribution in [2.45, 2.75) is 18.9 Å². The summed E-state index contributed by atoms with van der Waals surface area (Å²) in [6.07, 6.45) is 0.832. The van der Waals surface area contributed by atoms with Crippen LogP contribution in [0.1, 0.15) is 23.5 Å². The molecule has 2 aromatic rings. The Morgan fingerprint density at radius 1 is 1.10 bits per heavy atom. The van der Waals surface area contributed by atoms with Crippen molar-refractivity contribution in [3.8, 4) is 5.75 Å². The van der Waals surface area contributed by atoms with Crippen LogP contribution in [0.5, 0.6) is 5.75 Å². The van der Waals surface area contributed by atoms with Crippen LogP contribution in [-0.4, -0.2) is 11.1 Å². The Morgan fingerprint density at radius 3 is 2.50 bits per heavy atom. The van der Waals surface area contributed by atoms with E-state index in [0.717, 1.165) is 17.5 Å². The summed E-state index contributed by atoms with van der Waals surface area (Å²) in [5.41, 5.74) is 2.09. The predicted octanol–water partition coefficient (Wildman–Crippen LogP) is 3.24. The van der Waals surface area contributed by atoms with Crippen molar-refractivity contribution in [3.63, 3.8) is 0 Å². The summed E-state index contributed by atoms with van der Waals surface area (Å²) >= 11 is 0. The summed E-state index contributed by atoms with van der Waals surface area (Å²) in [4.78, 5) is 12.0. The zero-order chi connectivity index (χ0) is 13.9. The predicted molar refractivity (Wildman–Crippen MR) is 75.2 cm³/mol. The molecular weight excluding hydrogens is 252 g/mol. The average Bonchev–Trinajstić information content (AvgIpc) is 3.27. The van der Waals surface area contributed by atoms with E-state index in [1.807, 2.05) is 42.5 Å². The van der Waals surface area contributed by atoms with Crippen LogP contribution in [-0.2, 0) is 16.1 Å². The summed E-state index contributed by atoms with van der Waals surface area (Å²) in [6, 6.07) is 16.7. The Hall–Kier alpha value is -2.29. The van der Waals surface area contributed by atoms with Gasteiger partial charge in [0.15, 0.2) is 0 Å². The first-order valence-electron chi connectivity index (χ1n) is 6.73. The minimum atomic E-state index is -0.132. The first-order chi connectivity index (χ1) is 9.74. The molecule has 2 atom stereocenters. The Bertz CT molecular complexity index is 589. The summed E-state index contributed by atoms with van der Waals surface area (Å²) in [5.74, 6) is 0.312. The van der Waals surface area contributed by atoms with Gasteiger partial charge in [0.1, 0.15) is 12.4 Å². The molecule has 0 aromatic heterocycles. The summed E-state index contributed by atoms with van der Waals surface area (Å²) in [6.45, 7) is 0.332. The van der Waals surface area contributed by atoms with Crippen molar-refractivity contribution in [1.82, 2.24) is 0 Å². The number of benzene rings is 2. The standard InChI is InChI=1S/C17H16O3/c18-14-8-6-13(7-9-14)15-10-16(15)17(19)20-11-12-4-2-1-3-5-12/h1-9,15-16,18H,10-11H2/t15-,16+/m1/s1. The van der Waals surface area contributed by atoms with E-state index < -0.39 is 0 Å². The third-order valence-electron chi connectivity index (χ3n) is 3.64. The Morgan fingerprint density at radius 2 is 1.80 bits per heavy atom. The number of carbonyl (C=O) groups is 1. The van der Waals surface area contributed by atoms with Crippen molar-refractivity contribution in [2.24, 2.45) is 5.92 Å². The second-order valence-electron chi connectivity index (χ2n) is 5.13. The monoisotopic (exact) mass is 268 g/mol. The highest BCUT2D eigenvalue weighted by Crippen LogP contribution is 2.48. The molecular formula is C17H16O3. The Kier molecular flexibility index (Phi) is 3.42. The molecule has 102 valence electrons. The maximum absolute atomic E-state index is 12.0. The van der Waals surface area contributed by atoms with Crippen LogP contribution in [0.3, 0.4) is 0 Å². The molecule has 0 saturated heterocycles. The summed E-state index contributed by atoms with van der Waals surface area (Å²) in [7, 11) is 0. The van der Waals surface area contributed by atoms with E-state index >= 15 is 0 Å². The van der Waals surface area contributed by atoms with Gasteiger partial charge in [0.25, 0.3) is 0 Å². The van der Waals surface area contributed by atoms with Gasteiger partial charge in [-0.1, -0.05) is 42.5 Å². The van der Waals surface area contributed by atoms with Gasteiger partial charge in [-0.15, -0.1) is 0 Å². The van der Waals surface area contributed by atoms with Crippen molar-refractivity contribution in [2.75, 3.05) is 0 Å². The lowest BCUT2D eigenvalue weighted by Crippen LogP contribution is -2.07. The maximum atomic E-state index is 12.0.